The second kappa shape index (κ2) is 3.08. The smallest absolute Gasteiger partial charge is 0.0267 e. The lowest BCUT2D eigenvalue weighted by Gasteiger charge is -2.10. The third kappa shape index (κ3) is 1.83. The van der Waals surface area contributed by atoms with Crippen molar-refractivity contribution in [1.29, 1.82) is 0 Å². The summed E-state index contributed by atoms with van der Waals surface area (Å²) in [4.78, 5) is 2.31. The summed E-state index contributed by atoms with van der Waals surface area (Å²) in [6, 6.07) is 0. The first kappa shape index (κ1) is 4.80. The first-order valence-electron chi connectivity index (χ1n) is 3.97. The summed E-state index contributed by atoms with van der Waals surface area (Å²) in [6.07, 6.45) is 3.60. The SMILES string of the molecule is [2H]C1CCCN(C)CC1. The molecule has 48 valence electrons. The Bertz CT molecular complexity index is 75.0. The van der Waals surface area contributed by atoms with Crippen LogP contribution in [-0.4, -0.2) is 25.0 Å². The van der Waals surface area contributed by atoms with Crippen LogP contribution in [0.2, 0.25) is 0 Å². The molecule has 0 radical (unpaired) electrons. The van der Waals surface area contributed by atoms with E-state index in [9.17, 15) is 0 Å². The highest BCUT2D eigenvalue weighted by molar-refractivity contribution is 4.57. The maximum Gasteiger partial charge on any atom is 0.0267 e. The fraction of sp³-hybridized carbons (Fsp3) is 1.00. The topological polar surface area (TPSA) is 3.24 Å². The van der Waals surface area contributed by atoms with Gasteiger partial charge in [0.2, 0.25) is 0 Å². The van der Waals surface area contributed by atoms with Crippen LogP contribution in [0.4, 0.5) is 0 Å². The summed E-state index contributed by atoms with van der Waals surface area (Å²) >= 11 is 0. The standard InChI is InChI=1S/C7H15N/c1-8-6-4-2-3-5-7-8/h2-7H2,1H3/i2D. The molecule has 1 unspecified atom stereocenters. The van der Waals surface area contributed by atoms with E-state index in [1.54, 1.807) is 0 Å². The Morgan fingerprint density at radius 2 is 2.00 bits per heavy atom. The van der Waals surface area contributed by atoms with Crippen molar-refractivity contribution in [3.8, 4) is 0 Å². The minimum absolute atomic E-state index is 0.218. The van der Waals surface area contributed by atoms with Gasteiger partial charge in [0, 0.05) is 1.37 Å². The highest BCUT2D eigenvalue weighted by Gasteiger charge is 2.01. The van der Waals surface area contributed by atoms with E-state index < -0.39 is 0 Å². The molecule has 0 aromatic rings. The summed E-state index contributed by atoms with van der Waals surface area (Å²) in [5.74, 6) is 0. The fourth-order valence-corrected chi connectivity index (χ4v) is 1.07. The molecule has 8 heavy (non-hydrogen) atoms. The Balaban J connectivity index is 2.25. The molecule has 1 nitrogen and oxygen atoms in total. The van der Waals surface area contributed by atoms with Crippen molar-refractivity contribution in [2.24, 2.45) is 0 Å². The number of likely N-dealkylation sites (tertiary alicyclic amines) is 1. The van der Waals surface area contributed by atoms with Crippen LogP contribution in [0.25, 0.3) is 0 Å². The molecule has 0 aromatic heterocycles. The van der Waals surface area contributed by atoms with Crippen LogP contribution in [0.15, 0.2) is 0 Å². The van der Waals surface area contributed by atoms with E-state index in [1.807, 2.05) is 0 Å². The summed E-state index contributed by atoms with van der Waals surface area (Å²) in [5, 5.41) is 0. The van der Waals surface area contributed by atoms with Gasteiger partial charge in [0.15, 0.2) is 0 Å². The predicted molar refractivity (Wildman–Crippen MR) is 36.0 cm³/mol. The first-order valence-corrected chi connectivity index (χ1v) is 3.40. The third-order valence-electron chi connectivity index (χ3n) is 1.66. The minimum Gasteiger partial charge on any atom is -0.306 e. The fourth-order valence-electron chi connectivity index (χ4n) is 1.07. The molecule has 1 heterocycles. The molecule has 1 saturated heterocycles. The second-order valence-electron chi connectivity index (χ2n) is 2.52. The van der Waals surface area contributed by atoms with Gasteiger partial charge in [-0.15, -0.1) is 0 Å². The van der Waals surface area contributed by atoms with Crippen molar-refractivity contribution in [1.82, 2.24) is 4.90 Å². The van der Waals surface area contributed by atoms with Crippen LogP contribution < -0.4 is 0 Å². The van der Waals surface area contributed by atoms with E-state index in [4.69, 9.17) is 1.37 Å². The maximum absolute atomic E-state index is 7.48. The van der Waals surface area contributed by atoms with Crippen molar-refractivity contribution >= 4 is 0 Å². The highest BCUT2D eigenvalue weighted by atomic mass is 15.1. The van der Waals surface area contributed by atoms with Crippen LogP contribution in [0, 0.1) is 0 Å². The predicted octanol–water partition coefficient (Wildman–Crippen LogP) is 1.49. The lowest BCUT2D eigenvalue weighted by atomic mass is 10.2. The van der Waals surface area contributed by atoms with E-state index in [-0.39, 0.29) is 6.40 Å². The highest BCUT2D eigenvalue weighted by Crippen LogP contribution is 2.06. The molecule has 1 atom stereocenters. The summed E-state index contributed by atoms with van der Waals surface area (Å²) in [6.45, 7) is 2.31. The van der Waals surface area contributed by atoms with Gasteiger partial charge >= 0.3 is 0 Å². The molecule has 1 aliphatic rings. The first-order chi connectivity index (χ1) is 4.29. The van der Waals surface area contributed by atoms with Crippen LogP contribution in [0.1, 0.15) is 27.0 Å². The van der Waals surface area contributed by atoms with E-state index in [0.29, 0.717) is 0 Å². The quantitative estimate of drug-likeness (QED) is 0.461. The average Bonchev–Trinajstić information content (AvgIpc) is 1.97. The number of hydrogen-bond acceptors (Lipinski definition) is 1. The monoisotopic (exact) mass is 114 g/mol. The van der Waals surface area contributed by atoms with Gasteiger partial charge in [0.05, 0.1) is 0 Å². The van der Waals surface area contributed by atoms with Crippen molar-refractivity contribution in [2.75, 3.05) is 20.1 Å². The van der Waals surface area contributed by atoms with Crippen molar-refractivity contribution < 1.29 is 1.37 Å². The molecule has 0 bridgehead atoms. The molecule has 1 heteroatoms. The second-order valence-corrected chi connectivity index (χ2v) is 2.52. The lowest BCUT2D eigenvalue weighted by Crippen LogP contribution is -2.18. The van der Waals surface area contributed by atoms with E-state index in [2.05, 4.69) is 11.9 Å². The third-order valence-corrected chi connectivity index (χ3v) is 1.66. The normalized spacial score (nSPS) is 36.1. The molecule has 1 rings (SSSR count). The molecular formula is C7H15N. The van der Waals surface area contributed by atoms with Gasteiger partial charge in [0.1, 0.15) is 0 Å². The van der Waals surface area contributed by atoms with E-state index in [1.165, 1.54) is 13.0 Å². The Morgan fingerprint density at radius 3 is 2.88 bits per heavy atom. The molecule has 1 aliphatic heterocycles. The molecule has 0 aromatic carbocycles. The molecule has 0 spiro atoms. The van der Waals surface area contributed by atoms with Crippen LogP contribution in [-0.2, 0) is 0 Å². The zero-order chi connectivity index (χ0) is 6.69. The Kier molecular flexibility index (Phi) is 1.85. The van der Waals surface area contributed by atoms with Gasteiger partial charge in [0.25, 0.3) is 0 Å². The lowest BCUT2D eigenvalue weighted by molar-refractivity contribution is 0.349. The summed E-state index contributed by atoms with van der Waals surface area (Å²) in [7, 11) is 2.14. The largest absolute Gasteiger partial charge is 0.306 e. The van der Waals surface area contributed by atoms with Gasteiger partial charge in [-0.3, -0.25) is 0 Å². The van der Waals surface area contributed by atoms with E-state index >= 15 is 0 Å². The summed E-state index contributed by atoms with van der Waals surface area (Å²) < 4.78 is 7.48. The van der Waals surface area contributed by atoms with Gasteiger partial charge in [-0.25, -0.2) is 0 Å². The van der Waals surface area contributed by atoms with Crippen molar-refractivity contribution in [3.63, 3.8) is 0 Å². The number of hydrogen-bond donors (Lipinski definition) is 0. The molecule has 0 saturated carbocycles. The maximum atomic E-state index is 7.48. The Morgan fingerprint density at radius 1 is 1.25 bits per heavy atom. The molecule has 0 aliphatic carbocycles. The van der Waals surface area contributed by atoms with Crippen LogP contribution in [0.5, 0.6) is 0 Å². The molecular weight excluding hydrogens is 98.1 g/mol. The molecule has 1 fully saturated rings. The van der Waals surface area contributed by atoms with Gasteiger partial charge in [-0.1, -0.05) is 12.8 Å². The van der Waals surface area contributed by atoms with E-state index in [0.717, 1.165) is 19.4 Å². The zero-order valence-corrected chi connectivity index (χ0v) is 5.56. The van der Waals surface area contributed by atoms with Crippen LogP contribution >= 0.6 is 0 Å². The minimum atomic E-state index is 0.218. The summed E-state index contributed by atoms with van der Waals surface area (Å²) in [5.41, 5.74) is 0. The van der Waals surface area contributed by atoms with Crippen molar-refractivity contribution in [3.05, 3.63) is 0 Å². The van der Waals surface area contributed by atoms with Gasteiger partial charge in [-0.05, 0) is 33.0 Å². The Hall–Kier alpha value is -0.0400. The molecule has 0 amide bonds. The molecule has 0 N–H and O–H groups in total. The van der Waals surface area contributed by atoms with Crippen LogP contribution in [0.3, 0.4) is 0 Å². The van der Waals surface area contributed by atoms with Gasteiger partial charge in [-0.2, -0.15) is 0 Å². The van der Waals surface area contributed by atoms with Gasteiger partial charge < -0.3 is 4.90 Å². The average molecular weight is 114 g/mol. The number of rotatable bonds is 0. The van der Waals surface area contributed by atoms with Crippen molar-refractivity contribution in [2.45, 2.75) is 25.7 Å². The zero-order valence-electron chi connectivity index (χ0n) is 6.56. The number of nitrogens with zero attached hydrogens (tertiary/aromatic N) is 1. The Labute approximate surface area is 53.1 Å².